The fourth-order valence-corrected chi connectivity index (χ4v) is 6.71. The second-order valence-corrected chi connectivity index (χ2v) is 15.0. The third kappa shape index (κ3) is 9.20. The highest BCUT2D eigenvalue weighted by molar-refractivity contribution is 7.80. The Morgan fingerprint density at radius 2 is 1.25 bits per heavy atom. The number of fused-ring (bicyclic) bond motifs is 4. The van der Waals surface area contributed by atoms with Crippen molar-refractivity contribution in [3.63, 3.8) is 0 Å². The first-order chi connectivity index (χ1) is 25.4. The number of benzene rings is 4. The normalized spacial score (nSPS) is 11.8. The highest BCUT2D eigenvalue weighted by Gasteiger charge is 2.17. The molecule has 4 aromatic heterocycles. The molecule has 2 N–H and O–H groups in total. The molecule has 4 aromatic carbocycles. The van der Waals surface area contributed by atoms with Gasteiger partial charge in [0.05, 0.1) is 63.3 Å². The van der Waals surface area contributed by atoms with E-state index in [1.165, 1.54) is 16.0 Å². The maximum atomic E-state index is 9.22. The van der Waals surface area contributed by atoms with Crippen molar-refractivity contribution >= 4 is 108 Å². The zero-order chi connectivity index (χ0) is 37.7. The van der Waals surface area contributed by atoms with Crippen LogP contribution >= 0.6 is 22.7 Å². The summed E-state index contributed by atoms with van der Waals surface area (Å²) in [5.41, 5.74) is 7.96. The van der Waals surface area contributed by atoms with E-state index >= 15 is 0 Å². The summed E-state index contributed by atoms with van der Waals surface area (Å²) in [6.07, 6.45) is 3.64. The largest absolute Gasteiger partial charge is 0.726 e. The van der Waals surface area contributed by atoms with Gasteiger partial charge in [0.25, 0.3) is 0 Å². The Balaban J connectivity index is 0.000000158. The molecule has 4 heterocycles. The van der Waals surface area contributed by atoms with Crippen LogP contribution in [0.2, 0.25) is 0 Å². The first kappa shape index (κ1) is 37.0. The predicted molar refractivity (Wildman–Crippen MR) is 209 cm³/mol. The van der Waals surface area contributed by atoms with Crippen molar-refractivity contribution in [2.45, 2.75) is 0 Å². The standard InChI is InChI=1S/C17H17N6S.C16H14N6S.CH4O4S/c1-22(2)13-6-4-12(5-7-13)19-21-17-23(3)15-9-14-11(10-18-20-14)8-16(15)24-17;1-22(2)12-5-3-11(4-6-12)19-21-16-18-14-8-13-10(9-17-20-13)7-15(14)23-16;1-5-6(2,3)4/h4-10H,1-3H3,(H,18,20);3-9H,1-2H3,(H,17,20);1H3,(H,2,3,4)/q+1;;/p-1. The Hall–Kier alpha value is -5.73. The van der Waals surface area contributed by atoms with Gasteiger partial charge in [0.2, 0.25) is 15.5 Å². The number of thiazole rings is 2. The first-order valence-electron chi connectivity index (χ1n) is 15.8. The maximum Gasteiger partial charge on any atom is 0.409 e. The van der Waals surface area contributed by atoms with E-state index in [1.54, 1.807) is 11.3 Å². The highest BCUT2D eigenvalue weighted by atomic mass is 32.3. The lowest BCUT2D eigenvalue weighted by Crippen LogP contribution is -2.25. The van der Waals surface area contributed by atoms with Gasteiger partial charge < -0.3 is 14.4 Å². The SMILES string of the molecule is CN(C)c1ccc(N=Nc2nc3cc4[nH]ncc4cc3s2)cc1.CN(C)c1ccc(N=Nc2sc3cc4cn[nH]c4cc3[n+]2C)cc1.COS(=O)(=O)[O-]. The fourth-order valence-electron chi connectivity index (χ4n) is 4.89. The molecule has 0 aliphatic heterocycles. The van der Waals surface area contributed by atoms with Crippen LogP contribution in [-0.4, -0.2) is 73.6 Å². The summed E-state index contributed by atoms with van der Waals surface area (Å²) in [5.74, 6) is 0. The maximum absolute atomic E-state index is 9.22. The molecule has 53 heavy (non-hydrogen) atoms. The molecule has 0 bridgehead atoms. The van der Waals surface area contributed by atoms with Crippen LogP contribution < -0.4 is 14.4 Å². The molecular weight excluding hydrogens is 737 g/mol. The molecule has 16 nitrogen and oxygen atoms in total. The summed E-state index contributed by atoms with van der Waals surface area (Å²) < 4.78 is 35.3. The second kappa shape index (κ2) is 15.9. The van der Waals surface area contributed by atoms with Crippen LogP contribution in [0.5, 0.6) is 0 Å². The minimum absolute atomic E-state index is 0.650. The van der Waals surface area contributed by atoms with E-state index in [4.69, 9.17) is 0 Å². The number of rotatable bonds is 7. The quantitative estimate of drug-likeness (QED) is 0.0702. The number of hydrogen-bond donors (Lipinski definition) is 2. The monoisotopic (exact) mass is 770 g/mol. The van der Waals surface area contributed by atoms with Gasteiger partial charge in [0.15, 0.2) is 0 Å². The average Bonchev–Trinajstić information content (AvgIpc) is 3.94. The molecule has 0 spiro atoms. The van der Waals surface area contributed by atoms with Crippen LogP contribution in [0, 0.1) is 0 Å². The molecule has 0 radical (unpaired) electrons. The van der Waals surface area contributed by atoms with Gasteiger partial charge in [-0.15, -0.1) is 10.2 Å². The minimum Gasteiger partial charge on any atom is -0.726 e. The Bertz CT molecular complexity index is 2610. The number of H-pyrrole nitrogens is 2. The lowest BCUT2D eigenvalue weighted by atomic mass is 10.2. The topological polar surface area (TPSA) is 196 Å². The molecule has 8 rings (SSSR count). The Morgan fingerprint density at radius 1 is 0.736 bits per heavy atom. The van der Waals surface area contributed by atoms with Crippen molar-refractivity contribution in [2.75, 3.05) is 45.1 Å². The molecule has 0 aliphatic carbocycles. The van der Waals surface area contributed by atoms with Crippen LogP contribution in [0.1, 0.15) is 0 Å². The summed E-state index contributed by atoms with van der Waals surface area (Å²) in [5, 5.41) is 35.1. The fraction of sp³-hybridized carbons (Fsp3) is 0.176. The van der Waals surface area contributed by atoms with Gasteiger partial charge in [-0.3, -0.25) is 14.4 Å². The molecule has 0 saturated heterocycles. The van der Waals surface area contributed by atoms with E-state index in [0.29, 0.717) is 5.13 Å². The lowest BCUT2D eigenvalue weighted by molar-refractivity contribution is -0.627. The van der Waals surface area contributed by atoms with E-state index in [-0.39, 0.29) is 0 Å². The number of azo groups is 2. The van der Waals surface area contributed by atoms with Crippen LogP contribution in [0.3, 0.4) is 0 Å². The van der Waals surface area contributed by atoms with Crippen molar-refractivity contribution < 1.29 is 21.7 Å². The summed E-state index contributed by atoms with van der Waals surface area (Å²) in [6, 6.07) is 24.2. The molecule has 0 unspecified atom stereocenters. The summed E-state index contributed by atoms with van der Waals surface area (Å²) >= 11 is 3.14. The van der Waals surface area contributed by atoms with E-state index < -0.39 is 10.4 Å². The van der Waals surface area contributed by atoms with Crippen LogP contribution in [0.25, 0.3) is 42.2 Å². The number of hydrogen-bond acceptors (Lipinski definition) is 15. The molecule has 0 atom stereocenters. The van der Waals surface area contributed by atoms with Crippen molar-refractivity contribution in [1.29, 1.82) is 0 Å². The Labute approximate surface area is 312 Å². The number of aromatic amines is 2. The van der Waals surface area contributed by atoms with Gasteiger partial charge in [0, 0.05) is 56.4 Å². The van der Waals surface area contributed by atoms with Gasteiger partial charge in [0.1, 0.15) is 11.2 Å². The summed E-state index contributed by atoms with van der Waals surface area (Å²) in [6.45, 7) is 0. The molecule has 0 aliphatic rings. The van der Waals surface area contributed by atoms with Crippen molar-refractivity contribution in [1.82, 2.24) is 25.4 Å². The van der Waals surface area contributed by atoms with Gasteiger partial charge >= 0.3 is 5.13 Å². The Morgan fingerprint density at radius 3 is 1.77 bits per heavy atom. The summed E-state index contributed by atoms with van der Waals surface area (Å²) in [7, 11) is 6.45. The Kier molecular flexibility index (Phi) is 11.1. The van der Waals surface area contributed by atoms with Crippen LogP contribution in [0.15, 0.2) is 106 Å². The predicted octanol–water partition coefficient (Wildman–Crippen LogP) is 7.83. The third-order valence-electron chi connectivity index (χ3n) is 7.74. The molecule has 0 amide bonds. The van der Waals surface area contributed by atoms with Crippen molar-refractivity contribution in [3.05, 3.63) is 85.2 Å². The molecule has 0 fully saturated rings. The molecule has 0 saturated carbocycles. The highest BCUT2D eigenvalue weighted by Crippen LogP contribution is 2.33. The van der Waals surface area contributed by atoms with Gasteiger partial charge in [-0.25, -0.2) is 18.0 Å². The molecular formula is C34H34N12O4S3. The number of aromatic nitrogens is 6. The number of nitrogens with zero attached hydrogens (tertiary/aromatic N) is 10. The molecule has 19 heteroatoms. The summed E-state index contributed by atoms with van der Waals surface area (Å²) in [4.78, 5) is 8.61. The van der Waals surface area contributed by atoms with Gasteiger partial charge in [-0.2, -0.15) is 10.2 Å². The average molecular weight is 771 g/mol. The zero-order valence-corrected chi connectivity index (χ0v) is 31.9. The van der Waals surface area contributed by atoms with Crippen LogP contribution in [-0.2, 0) is 21.6 Å². The smallest absolute Gasteiger partial charge is 0.409 e. The second-order valence-electron chi connectivity index (χ2n) is 11.8. The van der Waals surface area contributed by atoms with Gasteiger partial charge in [-0.1, -0.05) is 11.3 Å². The number of anilines is 2. The lowest BCUT2D eigenvalue weighted by Gasteiger charge is -2.11. The minimum atomic E-state index is -4.41. The van der Waals surface area contributed by atoms with E-state index in [2.05, 4.69) is 77.7 Å². The van der Waals surface area contributed by atoms with Gasteiger partial charge in [-0.05, 0) is 83.2 Å². The number of nitrogens with one attached hydrogen (secondary N) is 2. The number of aryl methyl sites for hydroxylation is 1. The van der Waals surface area contributed by atoms with E-state index in [0.717, 1.165) is 72.5 Å². The van der Waals surface area contributed by atoms with Crippen LogP contribution in [0.4, 0.5) is 33.0 Å². The van der Waals surface area contributed by atoms with E-state index in [9.17, 15) is 13.0 Å². The molecule has 8 aromatic rings. The first-order valence-corrected chi connectivity index (χ1v) is 18.7. The third-order valence-corrected chi connectivity index (χ3v) is 10.1. The zero-order valence-electron chi connectivity index (χ0n) is 29.4. The molecule has 272 valence electrons. The van der Waals surface area contributed by atoms with E-state index in [1.807, 2.05) is 107 Å². The van der Waals surface area contributed by atoms with Crippen molar-refractivity contribution in [3.8, 4) is 0 Å². The van der Waals surface area contributed by atoms with Crippen molar-refractivity contribution in [2.24, 2.45) is 27.5 Å².